The Morgan fingerprint density at radius 1 is 1.19 bits per heavy atom. The summed E-state index contributed by atoms with van der Waals surface area (Å²) in [5, 5.41) is 15.4. The highest BCUT2D eigenvalue weighted by molar-refractivity contribution is 5.80. The van der Waals surface area contributed by atoms with E-state index in [0.717, 1.165) is 41.6 Å². The average Bonchev–Trinajstić information content (AvgIpc) is 3.06. The van der Waals surface area contributed by atoms with Gasteiger partial charge >= 0.3 is 0 Å². The van der Waals surface area contributed by atoms with Gasteiger partial charge in [0.2, 0.25) is 0 Å². The highest BCUT2D eigenvalue weighted by Crippen LogP contribution is 2.23. The van der Waals surface area contributed by atoms with Crippen molar-refractivity contribution in [2.75, 3.05) is 13.1 Å². The number of rotatable bonds is 7. The predicted octanol–water partition coefficient (Wildman–Crippen LogP) is 2.93. The summed E-state index contributed by atoms with van der Waals surface area (Å²) in [5.74, 6) is 1.97. The summed E-state index contributed by atoms with van der Waals surface area (Å²) >= 11 is 0. The van der Waals surface area contributed by atoms with Crippen LogP contribution in [0.1, 0.15) is 60.7 Å². The molecule has 0 aliphatic carbocycles. The molecule has 2 rings (SSSR count). The van der Waals surface area contributed by atoms with Crippen LogP contribution in [0, 0.1) is 27.7 Å². The molecule has 2 N–H and O–H groups in total. The molecule has 0 saturated heterocycles. The van der Waals surface area contributed by atoms with Crippen molar-refractivity contribution in [1.29, 1.82) is 0 Å². The first-order valence-corrected chi connectivity index (χ1v) is 9.71. The molecule has 2 unspecified atom stereocenters. The Morgan fingerprint density at radius 3 is 2.41 bits per heavy atom. The SMILES string of the molecule is CCNC(=NCC(C)c1c(C)noc1C)NC(C)Cc1c(C)nn(C)c1C. The van der Waals surface area contributed by atoms with Crippen molar-refractivity contribution in [3.8, 4) is 0 Å². The fourth-order valence-corrected chi connectivity index (χ4v) is 3.54. The van der Waals surface area contributed by atoms with Crippen molar-refractivity contribution in [2.24, 2.45) is 12.0 Å². The molecule has 2 heterocycles. The zero-order chi connectivity index (χ0) is 20.1. The third kappa shape index (κ3) is 5.11. The molecular formula is C20H34N6O. The second kappa shape index (κ2) is 9.06. The monoisotopic (exact) mass is 374 g/mol. The molecule has 0 spiro atoms. The number of guanidine groups is 1. The summed E-state index contributed by atoms with van der Waals surface area (Å²) in [6.45, 7) is 16.0. The Hall–Kier alpha value is -2.31. The second-order valence-corrected chi connectivity index (χ2v) is 7.38. The topological polar surface area (TPSA) is 80.3 Å². The Kier molecular flexibility index (Phi) is 7.05. The first-order valence-electron chi connectivity index (χ1n) is 9.71. The molecule has 7 heteroatoms. The van der Waals surface area contributed by atoms with Gasteiger partial charge in [0.15, 0.2) is 5.96 Å². The molecular weight excluding hydrogens is 340 g/mol. The zero-order valence-electron chi connectivity index (χ0n) is 18.0. The van der Waals surface area contributed by atoms with Gasteiger partial charge in [-0.3, -0.25) is 9.67 Å². The minimum atomic E-state index is 0.249. The Bertz CT molecular complexity index is 769. The van der Waals surface area contributed by atoms with Gasteiger partial charge in [0.1, 0.15) is 5.76 Å². The van der Waals surface area contributed by atoms with Crippen molar-refractivity contribution >= 4 is 5.96 Å². The summed E-state index contributed by atoms with van der Waals surface area (Å²) in [4.78, 5) is 4.79. The van der Waals surface area contributed by atoms with E-state index < -0.39 is 0 Å². The zero-order valence-corrected chi connectivity index (χ0v) is 18.0. The van der Waals surface area contributed by atoms with Gasteiger partial charge in [-0.25, -0.2) is 0 Å². The summed E-state index contributed by atoms with van der Waals surface area (Å²) in [6.07, 6.45) is 0.912. The van der Waals surface area contributed by atoms with Crippen LogP contribution >= 0.6 is 0 Å². The van der Waals surface area contributed by atoms with Gasteiger partial charge in [-0.15, -0.1) is 0 Å². The molecule has 2 aromatic rings. The van der Waals surface area contributed by atoms with Crippen molar-refractivity contribution in [3.05, 3.63) is 34.0 Å². The number of nitrogens with one attached hydrogen (secondary N) is 2. The predicted molar refractivity (Wildman–Crippen MR) is 109 cm³/mol. The van der Waals surface area contributed by atoms with E-state index in [9.17, 15) is 0 Å². The summed E-state index contributed by atoms with van der Waals surface area (Å²) < 4.78 is 7.23. The molecule has 0 aliphatic heterocycles. The van der Waals surface area contributed by atoms with E-state index in [1.54, 1.807) is 0 Å². The Labute approximate surface area is 162 Å². The van der Waals surface area contributed by atoms with E-state index in [1.807, 2.05) is 25.6 Å². The molecule has 2 aromatic heterocycles. The van der Waals surface area contributed by atoms with Gasteiger partial charge in [-0.05, 0) is 53.5 Å². The van der Waals surface area contributed by atoms with E-state index in [2.05, 4.69) is 55.5 Å². The molecule has 0 aromatic carbocycles. The summed E-state index contributed by atoms with van der Waals surface area (Å²) in [6, 6.07) is 0.249. The van der Waals surface area contributed by atoms with Crippen LogP contribution in [0.3, 0.4) is 0 Å². The first kappa shape index (κ1) is 21.0. The molecule has 150 valence electrons. The normalized spacial score (nSPS) is 14.3. The summed E-state index contributed by atoms with van der Waals surface area (Å²) in [5.41, 5.74) is 5.72. The second-order valence-electron chi connectivity index (χ2n) is 7.38. The van der Waals surface area contributed by atoms with Crippen LogP contribution in [0.5, 0.6) is 0 Å². The van der Waals surface area contributed by atoms with E-state index in [0.29, 0.717) is 6.54 Å². The third-order valence-corrected chi connectivity index (χ3v) is 5.00. The maximum absolute atomic E-state index is 5.29. The number of aryl methyl sites for hydroxylation is 4. The van der Waals surface area contributed by atoms with Crippen LogP contribution < -0.4 is 10.6 Å². The van der Waals surface area contributed by atoms with Crippen LogP contribution in [-0.4, -0.2) is 40.0 Å². The van der Waals surface area contributed by atoms with E-state index in [-0.39, 0.29) is 12.0 Å². The molecule has 0 fully saturated rings. The van der Waals surface area contributed by atoms with Crippen LogP contribution in [0.4, 0.5) is 0 Å². The lowest BCUT2D eigenvalue weighted by atomic mass is 10.00. The van der Waals surface area contributed by atoms with Crippen LogP contribution in [0.15, 0.2) is 9.52 Å². The van der Waals surface area contributed by atoms with E-state index in [4.69, 9.17) is 9.52 Å². The Morgan fingerprint density at radius 2 is 1.89 bits per heavy atom. The van der Waals surface area contributed by atoms with Gasteiger partial charge < -0.3 is 15.2 Å². The first-order chi connectivity index (χ1) is 12.7. The smallest absolute Gasteiger partial charge is 0.191 e. The minimum absolute atomic E-state index is 0.249. The van der Waals surface area contributed by atoms with Crippen LogP contribution in [0.2, 0.25) is 0 Å². The Balaban J connectivity index is 2.04. The number of aromatic nitrogens is 3. The quantitative estimate of drug-likeness (QED) is 0.575. The molecule has 0 amide bonds. The standard InChI is InChI=1S/C20H34N6O/c1-9-21-20(22-11-12(2)19-15(5)25-27-17(19)7)23-13(3)10-18-14(4)24-26(8)16(18)6/h12-13H,9-11H2,1-8H3,(H2,21,22,23). The number of nitrogens with zero attached hydrogens (tertiary/aromatic N) is 4. The van der Waals surface area contributed by atoms with Crippen molar-refractivity contribution in [1.82, 2.24) is 25.6 Å². The van der Waals surface area contributed by atoms with Crippen LogP contribution in [0.25, 0.3) is 0 Å². The maximum atomic E-state index is 5.29. The fourth-order valence-electron chi connectivity index (χ4n) is 3.54. The molecule has 0 bridgehead atoms. The lowest BCUT2D eigenvalue weighted by Crippen LogP contribution is -2.43. The lowest BCUT2D eigenvalue weighted by molar-refractivity contribution is 0.391. The van der Waals surface area contributed by atoms with Gasteiger partial charge in [0.25, 0.3) is 0 Å². The number of hydrogen-bond acceptors (Lipinski definition) is 4. The van der Waals surface area contributed by atoms with Gasteiger partial charge in [-0.2, -0.15) is 5.10 Å². The maximum Gasteiger partial charge on any atom is 0.191 e. The number of aliphatic imine (C=N–C) groups is 1. The highest BCUT2D eigenvalue weighted by atomic mass is 16.5. The molecule has 27 heavy (non-hydrogen) atoms. The molecule has 0 radical (unpaired) electrons. The third-order valence-electron chi connectivity index (χ3n) is 5.00. The molecule has 0 aliphatic rings. The van der Waals surface area contributed by atoms with Gasteiger partial charge in [0.05, 0.1) is 11.4 Å². The van der Waals surface area contributed by atoms with Gasteiger partial charge in [0, 0.05) is 43.4 Å². The van der Waals surface area contributed by atoms with Crippen molar-refractivity contribution in [2.45, 2.75) is 66.8 Å². The lowest BCUT2D eigenvalue weighted by Gasteiger charge is -2.19. The molecule has 7 nitrogen and oxygen atoms in total. The van der Waals surface area contributed by atoms with E-state index in [1.165, 1.54) is 11.3 Å². The highest BCUT2D eigenvalue weighted by Gasteiger charge is 2.17. The van der Waals surface area contributed by atoms with Crippen molar-refractivity contribution < 1.29 is 4.52 Å². The number of hydrogen-bond donors (Lipinski definition) is 2. The molecule has 2 atom stereocenters. The van der Waals surface area contributed by atoms with E-state index >= 15 is 0 Å². The minimum Gasteiger partial charge on any atom is -0.361 e. The largest absolute Gasteiger partial charge is 0.361 e. The van der Waals surface area contributed by atoms with Gasteiger partial charge in [-0.1, -0.05) is 12.1 Å². The summed E-state index contributed by atoms with van der Waals surface area (Å²) in [7, 11) is 1.99. The average molecular weight is 375 g/mol. The molecule has 0 saturated carbocycles. The fraction of sp³-hybridized carbons (Fsp3) is 0.650. The van der Waals surface area contributed by atoms with Crippen LogP contribution in [-0.2, 0) is 13.5 Å². The van der Waals surface area contributed by atoms with Crippen molar-refractivity contribution in [3.63, 3.8) is 0 Å².